The predicted molar refractivity (Wildman–Crippen MR) is 89.5 cm³/mol. The minimum atomic E-state index is -0.202. The Kier molecular flexibility index (Phi) is 4.02. The molecule has 0 atom stereocenters. The van der Waals surface area contributed by atoms with Gasteiger partial charge in [0.25, 0.3) is 5.91 Å². The van der Waals surface area contributed by atoms with Crippen molar-refractivity contribution < 1.29 is 9.21 Å². The lowest BCUT2D eigenvalue weighted by atomic mass is 10.1. The van der Waals surface area contributed by atoms with Crippen LogP contribution in [0.5, 0.6) is 0 Å². The number of carbonyl (C=O) groups excluding carboxylic acids is 1. The van der Waals surface area contributed by atoms with E-state index >= 15 is 0 Å². The number of nitrogens with one attached hydrogen (secondary N) is 1. The van der Waals surface area contributed by atoms with Crippen LogP contribution in [0.2, 0.25) is 0 Å². The van der Waals surface area contributed by atoms with Gasteiger partial charge in [-0.05, 0) is 53.8 Å². The number of furan rings is 1. The van der Waals surface area contributed by atoms with Crippen LogP contribution in [-0.2, 0) is 0 Å². The second-order valence-electron chi connectivity index (χ2n) is 4.35. The number of benzene rings is 1. The monoisotopic (exact) mass is 411 g/mol. The van der Waals surface area contributed by atoms with E-state index in [1.807, 2.05) is 25.1 Å². The average Bonchev–Trinajstić information content (AvgIpc) is 3.08. The lowest BCUT2D eigenvalue weighted by Gasteiger charge is -2.01. The molecule has 0 saturated heterocycles. The van der Waals surface area contributed by atoms with Gasteiger partial charge in [0.2, 0.25) is 11.0 Å². The SMILES string of the molecule is Cc1ccc(C(=O)Nc2nc(-c3ccc(I)o3)ns2)cc1. The first kappa shape index (κ1) is 14.2. The van der Waals surface area contributed by atoms with Gasteiger partial charge in [0.1, 0.15) is 0 Å². The summed E-state index contributed by atoms with van der Waals surface area (Å²) in [4.78, 5) is 16.3. The summed E-state index contributed by atoms with van der Waals surface area (Å²) in [7, 11) is 0. The number of hydrogen-bond acceptors (Lipinski definition) is 5. The zero-order valence-electron chi connectivity index (χ0n) is 11.0. The lowest BCUT2D eigenvalue weighted by Crippen LogP contribution is -2.11. The smallest absolute Gasteiger partial charge is 0.257 e. The quantitative estimate of drug-likeness (QED) is 0.663. The molecule has 1 amide bonds. The first-order chi connectivity index (χ1) is 10.1. The maximum Gasteiger partial charge on any atom is 0.257 e. The predicted octanol–water partition coefficient (Wildman–Crippen LogP) is 3.96. The number of aryl methyl sites for hydroxylation is 1. The minimum Gasteiger partial charge on any atom is -0.447 e. The molecule has 3 aromatic rings. The van der Waals surface area contributed by atoms with Crippen molar-refractivity contribution in [2.45, 2.75) is 6.92 Å². The van der Waals surface area contributed by atoms with E-state index < -0.39 is 0 Å². The molecule has 7 heteroatoms. The van der Waals surface area contributed by atoms with Crippen LogP contribution >= 0.6 is 34.1 Å². The molecular formula is C14H10IN3O2S. The Labute approximate surface area is 138 Å². The van der Waals surface area contributed by atoms with E-state index in [9.17, 15) is 4.79 Å². The van der Waals surface area contributed by atoms with E-state index in [-0.39, 0.29) is 5.91 Å². The van der Waals surface area contributed by atoms with Gasteiger partial charge in [0, 0.05) is 17.1 Å². The second-order valence-corrected chi connectivity index (χ2v) is 6.16. The molecule has 0 aliphatic carbocycles. The summed E-state index contributed by atoms with van der Waals surface area (Å²) < 4.78 is 10.4. The van der Waals surface area contributed by atoms with Crippen molar-refractivity contribution in [1.82, 2.24) is 9.36 Å². The Morgan fingerprint density at radius 3 is 2.67 bits per heavy atom. The average molecular weight is 411 g/mol. The van der Waals surface area contributed by atoms with Crippen LogP contribution in [0.15, 0.2) is 40.8 Å². The van der Waals surface area contributed by atoms with Crippen molar-refractivity contribution in [2.24, 2.45) is 0 Å². The summed E-state index contributed by atoms with van der Waals surface area (Å²) in [6.07, 6.45) is 0. The fraction of sp³-hybridized carbons (Fsp3) is 0.0714. The molecule has 2 aromatic heterocycles. The Morgan fingerprint density at radius 1 is 1.24 bits per heavy atom. The molecule has 1 N–H and O–H groups in total. The molecule has 0 saturated carbocycles. The molecule has 5 nitrogen and oxygen atoms in total. The van der Waals surface area contributed by atoms with E-state index in [2.05, 4.69) is 37.3 Å². The minimum absolute atomic E-state index is 0.202. The number of amides is 1. The highest BCUT2D eigenvalue weighted by Crippen LogP contribution is 2.24. The van der Waals surface area contributed by atoms with Gasteiger partial charge in [-0.2, -0.15) is 9.36 Å². The van der Waals surface area contributed by atoms with Crippen molar-refractivity contribution in [3.05, 3.63) is 51.3 Å². The number of rotatable bonds is 3. The third-order valence-corrected chi connectivity index (χ3v) is 3.96. The van der Waals surface area contributed by atoms with Crippen LogP contribution in [-0.4, -0.2) is 15.3 Å². The van der Waals surface area contributed by atoms with E-state index in [0.717, 1.165) is 20.9 Å². The van der Waals surface area contributed by atoms with Gasteiger partial charge < -0.3 is 4.42 Å². The molecule has 0 fully saturated rings. The number of hydrogen-bond donors (Lipinski definition) is 1. The van der Waals surface area contributed by atoms with Crippen LogP contribution < -0.4 is 5.32 Å². The largest absolute Gasteiger partial charge is 0.447 e. The molecule has 21 heavy (non-hydrogen) atoms. The maximum absolute atomic E-state index is 12.1. The van der Waals surface area contributed by atoms with E-state index in [4.69, 9.17) is 4.42 Å². The molecule has 0 aliphatic rings. The molecule has 106 valence electrons. The zero-order valence-corrected chi connectivity index (χ0v) is 13.9. The Morgan fingerprint density at radius 2 is 2.00 bits per heavy atom. The molecule has 0 radical (unpaired) electrons. The summed E-state index contributed by atoms with van der Waals surface area (Å²) in [5.41, 5.74) is 1.70. The van der Waals surface area contributed by atoms with Crippen LogP contribution in [0, 0.1) is 10.7 Å². The van der Waals surface area contributed by atoms with Crippen LogP contribution in [0.3, 0.4) is 0 Å². The molecule has 0 aliphatic heterocycles. The third-order valence-electron chi connectivity index (χ3n) is 2.75. The van der Waals surface area contributed by atoms with E-state index in [1.165, 1.54) is 0 Å². The standard InChI is InChI=1S/C14H10IN3O2S/c1-8-2-4-9(5-3-8)13(19)17-14-16-12(18-21-14)10-6-7-11(15)20-10/h2-7H,1H3,(H,16,17,18,19). The molecule has 0 spiro atoms. The van der Waals surface area contributed by atoms with Crippen molar-refractivity contribution in [1.29, 1.82) is 0 Å². The highest BCUT2D eigenvalue weighted by Gasteiger charge is 2.13. The Balaban J connectivity index is 1.75. The van der Waals surface area contributed by atoms with Crippen molar-refractivity contribution >= 4 is 45.2 Å². The van der Waals surface area contributed by atoms with E-state index in [1.54, 1.807) is 18.2 Å². The van der Waals surface area contributed by atoms with Gasteiger partial charge in [-0.1, -0.05) is 17.7 Å². The van der Waals surface area contributed by atoms with Gasteiger partial charge >= 0.3 is 0 Å². The number of aromatic nitrogens is 2. The summed E-state index contributed by atoms with van der Waals surface area (Å²) >= 11 is 3.20. The van der Waals surface area contributed by atoms with Gasteiger partial charge in [-0.25, -0.2) is 0 Å². The van der Waals surface area contributed by atoms with Crippen LogP contribution in [0.1, 0.15) is 15.9 Å². The number of halogens is 1. The Bertz CT molecular complexity index is 780. The van der Waals surface area contributed by atoms with E-state index in [0.29, 0.717) is 22.3 Å². The number of anilines is 1. The lowest BCUT2D eigenvalue weighted by molar-refractivity contribution is 0.102. The van der Waals surface area contributed by atoms with Crippen molar-refractivity contribution in [3.8, 4) is 11.6 Å². The van der Waals surface area contributed by atoms with Crippen LogP contribution in [0.25, 0.3) is 11.6 Å². The first-order valence-corrected chi connectivity index (χ1v) is 7.94. The summed E-state index contributed by atoms with van der Waals surface area (Å²) in [5.74, 6) is 0.861. The molecule has 1 aromatic carbocycles. The molecule has 3 rings (SSSR count). The maximum atomic E-state index is 12.1. The van der Waals surface area contributed by atoms with Crippen LogP contribution in [0.4, 0.5) is 5.13 Å². The van der Waals surface area contributed by atoms with Gasteiger partial charge in [0.15, 0.2) is 9.53 Å². The zero-order chi connectivity index (χ0) is 14.8. The summed E-state index contributed by atoms with van der Waals surface area (Å²) in [6.45, 7) is 1.98. The van der Waals surface area contributed by atoms with Crippen molar-refractivity contribution in [3.63, 3.8) is 0 Å². The number of carbonyl (C=O) groups is 1. The van der Waals surface area contributed by atoms with Gasteiger partial charge in [0.05, 0.1) is 0 Å². The highest BCUT2D eigenvalue weighted by molar-refractivity contribution is 14.1. The molecule has 0 unspecified atom stereocenters. The van der Waals surface area contributed by atoms with Gasteiger partial charge in [-0.15, -0.1) is 0 Å². The molecule has 0 bridgehead atoms. The number of nitrogens with zero attached hydrogens (tertiary/aromatic N) is 2. The fourth-order valence-electron chi connectivity index (χ4n) is 1.68. The third kappa shape index (κ3) is 3.30. The topological polar surface area (TPSA) is 68.0 Å². The normalized spacial score (nSPS) is 10.6. The molecule has 2 heterocycles. The summed E-state index contributed by atoms with van der Waals surface area (Å²) in [5, 5.41) is 3.18. The summed E-state index contributed by atoms with van der Waals surface area (Å²) in [6, 6.07) is 11.0. The Hall–Kier alpha value is -1.74. The molecular weight excluding hydrogens is 401 g/mol. The van der Waals surface area contributed by atoms with Crippen molar-refractivity contribution in [2.75, 3.05) is 5.32 Å². The fourth-order valence-corrected chi connectivity index (χ4v) is 2.67. The first-order valence-electron chi connectivity index (χ1n) is 6.09. The van der Waals surface area contributed by atoms with Gasteiger partial charge in [-0.3, -0.25) is 10.1 Å². The second kappa shape index (κ2) is 5.94. The highest BCUT2D eigenvalue weighted by atomic mass is 127.